The van der Waals surface area contributed by atoms with Crippen molar-refractivity contribution in [3.05, 3.63) is 17.0 Å². The molecule has 1 aromatic rings. The highest BCUT2D eigenvalue weighted by molar-refractivity contribution is 5.96. The maximum absolute atomic E-state index is 13.1. The lowest BCUT2D eigenvalue weighted by molar-refractivity contribution is -0.147. The Hall–Kier alpha value is -1.40. The van der Waals surface area contributed by atoms with Crippen LogP contribution >= 0.6 is 0 Å². The number of rotatable bonds is 5. The molecular weight excluding hydrogens is 320 g/mol. The Morgan fingerprint density at radius 1 is 1.36 bits per heavy atom. The number of nitrogens with zero attached hydrogens (tertiary/aromatic N) is 2. The molecule has 3 fully saturated rings. The Kier molecular flexibility index (Phi) is 4.58. The topological polar surface area (TPSA) is 64.8 Å². The van der Waals surface area contributed by atoms with Crippen molar-refractivity contribution in [2.45, 2.75) is 52.1 Å². The van der Waals surface area contributed by atoms with Gasteiger partial charge in [-0.15, -0.1) is 0 Å². The lowest BCUT2D eigenvalue weighted by Crippen LogP contribution is -2.58. The summed E-state index contributed by atoms with van der Waals surface area (Å²) in [4.78, 5) is 15.0. The smallest absolute Gasteiger partial charge is 0.259 e. The van der Waals surface area contributed by atoms with Gasteiger partial charge in [-0.25, -0.2) is 0 Å². The van der Waals surface area contributed by atoms with E-state index >= 15 is 0 Å². The quantitative estimate of drug-likeness (QED) is 0.819. The molecule has 3 aliphatic rings. The molecule has 6 heteroatoms. The van der Waals surface area contributed by atoms with Gasteiger partial charge < -0.3 is 18.9 Å². The maximum atomic E-state index is 13.1. The first-order chi connectivity index (χ1) is 12.1. The van der Waals surface area contributed by atoms with Crippen molar-refractivity contribution in [2.75, 3.05) is 32.9 Å². The summed E-state index contributed by atoms with van der Waals surface area (Å²) in [5, 5.41) is 3.93. The van der Waals surface area contributed by atoms with Crippen molar-refractivity contribution < 1.29 is 18.8 Å². The number of ether oxygens (including phenoxy) is 2. The highest BCUT2D eigenvalue weighted by Gasteiger charge is 2.47. The zero-order valence-corrected chi connectivity index (χ0v) is 15.3. The number of aromatic nitrogens is 1. The van der Waals surface area contributed by atoms with Gasteiger partial charge in [0.2, 0.25) is 0 Å². The van der Waals surface area contributed by atoms with E-state index in [0.717, 1.165) is 44.9 Å². The predicted molar refractivity (Wildman–Crippen MR) is 91.4 cm³/mol. The van der Waals surface area contributed by atoms with E-state index in [2.05, 4.69) is 5.16 Å². The van der Waals surface area contributed by atoms with Gasteiger partial charge in [-0.2, -0.15) is 0 Å². The number of likely N-dealkylation sites (tertiary alicyclic amines) is 1. The molecule has 0 N–H and O–H groups in total. The molecule has 1 saturated carbocycles. The summed E-state index contributed by atoms with van der Waals surface area (Å²) < 4.78 is 17.3. The lowest BCUT2D eigenvalue weighted by Gasteiger charge is -2.50. The van der Waals surface area contributed by atoms with Crippen molar-refractivity contribution in [2.24, 2.45) is 11.3 Å². The van der Waals surface area contributed by atoms with Crippen molar-refractivity contribution >= 4 is 5.91 Å². The van der Waals surface area contributed by atoms with Crippen molar-refractivity contribution in [3.8, 4) is 0 Å². The molecule has 3 heterocycles. The molecule has 2 saturated heterocycles. The Morgan fingerprint density at radius 3 is 2.92 bits per heavy atom. The zero-order chi connectivity index (χ0) is 17.4. The van der Waals surface area contributed by atoms with Gasteiger partial charge in [0.25, 0.3) is 5.91 Å². The van der Waals surface area contributed by atoms with Crippen LogP contribution in [0, 0.1) is 25.2 Å². The molecule has 1 aliphatic carbocycles. The van der Waals surface area contributed by atoms with Gasteiger partial charge in [0.05, 0.1) is 18.4 Å². The fourth-order valence-corrected chi connectivity index (χ4v) is 4.33. The van der Waals surface area contributed by atoms with Crippen LogP contribution in [0.25, 0.3) is 0 Å². The van der Waals surface area contributed by atoms with Gasteiger partial charge in [-0.1, -0.05) is 5.16 Å². The van der Waals surface area contributed by atoms with Crippen molar-refractivity contribution in [1.29, 1.82) is 0 Å². The predicted octanol–water partition coefficient (Wildman–Crippen LogP) is 2.73. The monoisotopic (exact) mass is 348 g/mol. The normalized spacial score (nSPS) is 29.5. The van der Waals surface area contributed by atoms with E-state index in [4.69, 9.17) is 14.0 Å². The molecule has 0 radical (unpaired) electrons. The lowest BCUT2D eigenvalue weighted by atomic mass is 9.73. The number of piperidine rings is 1. The van der Waals surface area contributed by atoms with E-state index in [9.17, 15) is 4.79 Å². The highest BCUT2D eigenvalue weighted by atomic mass is 16.5. The third-order valence-electron chi connectivity index (χ3n) is 5.96. The molecule has 138 valence electrons. The van der Waals surface area contributed by atoms with Crippen LogP contribution in [0.2, 0.25) is 0 Å². The van der Waals surface area contributed by atoms with Crippen LogP contribution in [0.3, 0.4) is 0 Å². The minimum atomic E-state index is -0.0694. The minimum absolute atomic E-state index is 0.0295. The molecule has 1 amide bonds. The van der Waals surface area contributed by atoms with Gasteiger partial charge in [0, 0.05) is 31.7 Å². The molecule has 0 unspecified atom stereocenters. The first-order valence-corrected chi connectivity index (χ1v) is 9.50. The second kappa shape index (κ2) is 6.72. The van der Waals surface area contributed by atoms with Gasteiger partial charge in [-0.05, 0) is 51.9 Å². The third-order valence-corrected chi connectivity index (χ3v) is 5.96. The van der Waals surface area contributed by atoms with Crippen LogP contribution in [0.5, 0.6) is 0 Å². The van der Waals surface area contributed by atoms with Crippen LogP contribution in [-0.4, -0.2) is 55.0 Å². The summed E-state index contributed by atoms with van der Waals surface area (Å²) in [7, 11) is 0. The van der Waals surface area contributed by atoms with Crippen LogP contribution in [-0.2, 0) is 9.47 Å². The standard InChI is InChI=1S/C19H28N2O4/c1-13-17(14(2)25-20-13)18(22)21-8-6-16-19(11-21,7-3-9-24-16)12-23-10-15-4-5-15/h15-16H,3-12H2,1-2H3/t16-,19+/m1/s1. The van der Waals surface area contributed by atoms with Crippen LogP contribution in [0.15, 0.2) is 4.52 Å². The van der Waals surface area contributed by atoms with Crippen LogP contribution in [0.4, 0.5) is 0 Å². The summed E-state index contributed by atoms with van der Waals surface area (Å²) in [5.41, 5.74) is 1.22. The third kappa shape index (κ3) is 3.34. The Balaban J connectivity index is 1.50. The molecule has 0 bridgehead atoms. The number of hydrogen-bond donors (Lipinski definition) is 0. The summed E-state index contributed by atoms with van der Waals surface area (Å²) in [6.07, 6.45) is 5.77. The fraction of sp³-hybridized carbons (Fsp3) is 0.789. The van der Waals surface area contributed by atoms with E-state index in [0.29, 0.717) is 30.2 Å². The van der Waals surface area contributed by atoms with Crippen molar-refractivity contribution in [3.63, 3.8) is 0 Å². The largest absolute Gasteiger partial charge is 0.380 e. The molecule has 2 atom stereocenters. The average Bonchev–Trinajstić information content (AvgIpc) is 3.37. The highest BCUT2D eigenvalue weighted by Crippen LogP contribution is 2.41. The minimum Gasteiger partial charge on any atom is -0.380 e. The summed E-state index contributed by atoms with van der Waals surface area (Å²) in [5.74, 6) is 1.38. The van der Waals surface area contributed by atoms with E-state index in [-0.39, 0.29) is 17.4 Å². The van der Waals surface area contributed by atoms with Gasteiger partial charge in [-0.3, -0.25) is 4.79 Å². The van der Waals surface area contributed by atoms with Gasteiger partial charge >= 0.3 is 0 Å². The molecule has 2 aliphatic heterocycles. The second-order valence-corrected chi connectivity index (χ2v) is 8.00. The molecule has 0 spiro atoms. The zero-order valence-electron chi connectivity index (χ0n) is 15.3. The summed E-state index contributed by atoms with van der Waals surface area (Å²) in [6, 6.07) is 0. The van der Waals surface area contributed by atoms with E-state index < -0.39 is 0 Å². The van der Waals surface area contributed by atoms with Gasteiger partial charge in [0.1, 0.15) is 11.3 Å². The van der Waals surface area contributed by atoms with Crippen LogP contribution in [0.1, 0.15) is 53.9 Å². The Bertz CT molecular complexity index is 620. The van der Waals surface area contributed by atoms with E-state index in [1.54, 1.807) is 6.92 Å². The molecule has 4 rings (SSSR count). The fourth-order valence-electron chi connectivity index (χ4n) is 4.33. The summed E-state index contributed by atoms with van der Waals surface area (Å²) in [6.45, 7) is 7.43. The number of carbonyl (C=O) groups excluding carboxylic acids is 1. The first-order valence-electron chi connectivity index (χ1n) is 9.50. The molecule has 0 aromatic carbocycles. The van der Waals surface area contributed by atoms with Crippen LogP contribution < -0.4 is 0 Å². The molecular formula is C19H28N2O4. The van der Waals surface area contributed by atoms with E-state index in [1.807, 2.05) is 11.8 Å². The average molecular weight is 348 g/mol. The van der Waals surface area contributed by atoms with Gasteiger partial charge in [0.15, 0.2) is 0 Å². The number of fused-ring (bicyclic) bond motifs is 1. The van der Waals surface area contributed by atoms with E-state index in [1.165, 1.54) is 12.8 Å². The summed E-state index contributed by atoms with van der Waals surface area (Å²) >= 11 is 0. The maximum Gasteiger partial charge on any atom is 0.259 e. The van der Waals surface area contributed by atoms with Crippen molar-refractivity contribution in [1.82, 2.24) is 10.1 Å². The second-order valence-electron chi connectivity index (χ2n) is 8.00. The number of amides is 1. The number of aryl methyl sites for hydroxylation is 2. The molecule has 1 aromatic heterocycles. The number of hydrogen-bond acceptors (Lipinski definition) is 5. The number of carbonyl (C=O) groups is 1. The molecule has 25 heavy (non-hydrogen) atoms. The Morgan fingerprint density at radius 2 is 2.20 bits per heavy atom. The first kappa shape index (κ1) is 17.0. The SMILES string of the molecule is Cc1noc(C)c1C(=O)N1CC[C@H]2OCCC[C@@]2(COCC2CC2)C1. The molecule has 6 nitrogen and oxygen atoms in total. The Labute approximate surface area is 148 Å².